The molecule has 0 aliphatic heterocycles. The van der Waals surface area contributed by atoms with Crippen LogP contribution in [0.2, 0.25) is 0 Å². The number of nitrogens with zero attached hydrogens (tertiary/aromatic N) is 1. The van der Waals surface area contributed by atoms with E-state index in [0.29, 0.717) is 0 Å². The number of carbonyl (C=O) groups excluding carboxylic acids is 1. The first-order valence-electron chi connectivity index (χ1n) is 3.30. The molecule has 1 amide bonds. The quantitative estimate of drug-likeness (QED) is 0.331. The Bertz CT molecular complexity index is 353. The largest absolute Gasteiger partial charge is 0.401 e. The van der Waals surface area contributed by atoms with Crippen molar-refractivity contribution in [2.24, 2.45) is 0 Å². The first-order valence-corrected chi connectivity index (χ1v) is 3.30. The number of nitrogens with one attached hydrogen (secondary N) is 1. The van der Waals surface area contributed by atoms with Gasteiger partial charge in [0.25, 0.3) is 5.69 Å². The highest BCUT2D eigenvalue weighted by molar-refractivity contribution is 5.83. The smallest absolute Gasteiger partial charge is 0.298 e. The van der Waals surface area contributed by atoms with Crippen LogP contribution in [0, 0.1) is 10.1 Å². The Balaban J connectivity index is 2.91. The molecule has 0 saturated carbocycles. The first kappa shape index (κ1) is 9.11. The summed E-state index contributed by atoms with van der Waals surface area (Å²) in [7, 11) is 0. The van der Waals surface area contributed by atoms with Gasteiger partial charge in [0.1, 0.15) is 0 Å². The highest BCUT2D eigenvalue weighted by Crippen LogP contribution is 2.16. The van der Waals surface area contributed by atoms with Gasteiger partial charge in [-0.1, -0.05) is 6.07 Å². The first-order chi connectivity index (χ1) is 6.09. The van der Waals surface area contributed by atoms with Crippen LogP contribution >= 0.6 is 0 Å². The number of carbonyl (C=O) groups is 1. The van der Waals surface area contributed by atoms with E-state index in [1.54, 1.807) is 5.32 Å². The summed E-state index contributed by atoms with van der Waals surface area (Å²) < 4.78 is 11.8. The maximum Gasteiger partial charge on any atom is 0.401 e. The minimum absolute atomic E-state index is 0.0571. The Morgan fingerprint density at radius 1 is 1.54 bits per heavy atom. The van der Waals surface area contributed by atoms with E-state index in [9.17, 15) is 19.3 Å². The molecule has 0 heterocycles. The second-order valence-corrected chi connectivity index (χ2v) is 2.21. The van der Waals surface area contributed by atoms with E-state index < -0.39 is 11.1 Å². The molecule has 0 atom stereocenters. The summed E-state index contributed by atoms with van der Waals surface area (Å²) in [5, 5.41) is 12.0. The molecule has 0 unspecified atom stereocenters. The van der Waals surface area contributed by atoms with Gasteiger partial charge in [0.05, 0.1) is 10.6 Å². The van der Waals surface area contributed by atoms with Crippen molar-refractivity contribution >= 4 is 17.5 Å². The molecule has 1 aromatic rings. The van der Waals surface area contributed by atoms with Gasteiger partial charge in [0.2, 0.25) is 0 Å². The van der Waals surface area contributed by atoms with Gasteiger partial charge >= 0.3 is 6.16 Å². The minimum Gasteiger partial charge on any atom is -0.298 e. The van der Waals surface area contributed by atoms with Crippen LogP contribution in [0.15, 0.2) is 24.3 Å². The third kappa shape index (κ3) is 2.51. The monoisotopic (exact) mass is 184 g/mol. The lowest BCUT2D eigenvalue weighted by atomic mass is 10.3. The van der Waals surface area contributed by atoms with Crippen LogP contribution < -0.4 is 5.32 Å². The lowest BCUT2D eigenvalue weighted by Gasteiger charge is -1.97. The lowest BCUT2D eigenvalue weighted by Crippen LogP contribution is -2.02. The zero-order valence-electron chi connectivity index (χ0n) is 6.36. The molecular weight excluding hydrogens is 179 g/mol. The fourth-order valence-corrected chi connectivity index (χ4v) is 0.811. The average Bonchev–Trinajstić information content (AvgIpc) is 2.03. The molecule has 13 heavy (non-hydrogen) atoms. The Hall–Kier alpha value is -1.98. The number of nitro benzene ring substituents is 1. The van der Waals surface area contributed by atoms with E-state index in [2.05, 4.69) is 0 Å². The number of halogens is 1. The molecule has 0 spiro atoms. The van der Waals surface area contributed by atoms with Gasteiger partial charge in [-0.2, -0.15) is 0 Å². The summed E-state index contributed by atoms with van der Waals surface area (Å²) in [5.74, 6) is 0. The van der Waals surface area contributed by atoms with Gasteiger partial charge in [0, 0.05) is 12.1 Å². The summed E-state index contributed by atoms with van der Waals surface area (Å²) in [6, 6.07) is 5.01. The van der Waals surface area contributed by atoms with Gasteiger partial charge in [-0.15, -0.1) is 4.39 Å². The van der Waals surface area contributed by atoms with Crippen molar-refractivity contribution in [3.05, 3.63) is 34.4 Å². The molecule has 0 fully saturated rings. The molecule has 1 rings (SSSR count). The molecule has 1 N–H and O–H groups in total. The Morgan fingerprint density at radius 2 is 2.23 bits per heavy atom. The molecular formula is C7H5FN2O3. The summed E-state index contributed by atoms with van der Waals surface area (Å²) in [6.07, 6.45) is -1.75. The third-order valence-electron chi connectivity index (χ3n) is 1.30. The molecule has 0 aliphatic rings. The third-order valence-corrected chi connectivity index (χ3v) is 1.30. The van der Waals surface area contributed by atoms with Crippen LogP contribution in [-0.4, -0.2) is 11.1 Å². The second kappa shape index (κ2) is 3.61. The van der Waals surface area contributed by atoms with E-state index in [1.165, 1.54) is 18.2 Å². The highest BCUT2D eigenvalue weighted by Gasteiger charge is 2.06. The zero-order chi connectivity index (χ0) is 9.84. The van der Waals surface area contributed by atoms with E-state index in [1.807, 2.05) is 0 Å². The van der Waals surface area contributed by atoms with Gasteiger partial charge < -0.3 is 0 Å². The topological polar surface area (TPSA) is 72.2 Å². The molecule has 0 aromatic heterocycles. The number of nitro groups is 1. The number of anilines is 1. The van der Waals surface area contributed by atoms with Crippen LogP contribution in [0.1, 0.15) is 0 Å². The van der Waals surface area contributed by atoms with Gasteiger partial charge in [-0.05, 0) is 6.07 Å². The predicted molar refractivity (Wildman–Crippen MR) is 43.2 cm³/mol. The average molecular weight is 184 g/mol. The zero-order valence-corrected chi connectivity index (χ0v) is 6.36. The SMILES string of the molecule is O=C(F)Nc1cccc([N+](=O)[O-])c1. The van der Waals surface area contributed by atoms with Crippen molar-refractivity contribution in [2.45, 2.75) is 0 Å². The van der Waals surface area contributed by atoms with Crippen molar-refractivity contribution in [3.8, 4) is 0 Å². The number of hydrogen-bond acceptors (Lipinski definition) is 3. The minimum atomic E-state index is -1.75. The predicted octanol–water partition coefficient (Wildman–Crippen LogP) is 2.10. The summed E-state index contributed by atoms with van der Waals surface area (Å²) in [5.41, 5.74) is -0.145. The van der Waals surface area contributed by atoms with Crippen LogP contribution in [0.4, 0.5) is 20.6 Å². The number of amides is 1. The summed E-state index contributed by atoms with van der Waals surface area (Å²) in [6.45, 7) is 0. The van der Waals surface area contributed by atoms with Crippen molar-refractivity contribution in [1.82, 2.24) is 0 Å². The van der Waals surface area contributed by atoms with Gasteiger partial charge in [0.15, 0.2) is 0 Å². The maximum atomic E-state index is 11.8. The van der Waals surface area contributed by atoms with E-state index in [-0.39, 0.29) is 11.4 Å². The molecule has 0 radical (unpaired) electrons. The number of benzene rings is 1. The van der Waals surface area contributed by atoms with Crippen LogP contribution in [-0.2, 0) is 0 Å². The molecule has 0 saturated heterocycles. The second-order valence-electron chi connectivity index (χ2n) is 2.21. The van der Waals surface area contributed by atoms with Crippen LogP contribution in [0.5, 0.6) is 0 Å². The molecule has 0 aliphatic carbocycles. The Labute approximate surface area is 72.3 Å². The molecule has 5 nitrogen and oxygen atoms in total. The van der Waals surface area contributed by atoms with E-state index in [0.717, 1.165) is 6.07 Å². The van der Waals surface area contributed by atoms with Crippen LogP contribution in [0.3, 0.4) is 0 Å². The summed E-state index contributed by atoms with van der Waals surface area (Å²) >= 11 is 0. The standard InChI is InChI=1S/C7H5FN2O3/c8-7(11)9-5-2-1-3-6(4-5)10(12)13/h1-4H,(H,9,11). The molecule has 1 aromatic carbocycles. The highest BCUT2D eigenvalue weighted by atomic mass is 19.1. The number of non-ortho nitro benzene ring substituents is 1. The van der Waals surface area contributed by atoms with Gasteiger partial charge in [-0.3, -0.25) is 15.4 Å². The lowest BCUT2D eigenvalue weighted by molar-refractivity contribution is -0.384. The molecule has 68 valence electrons. The number of hydrogen-bond donors (Lipinski definition) is 1. The van der Waals surface area contributed by atoms with E-state index in [4.69, 9.17) is 0 Å². The maximum absolute atomic E-state index is 11.8. The fraction of sp³-hybridized carbons (Fsp3) is 0. The Kier molecular flexibility index (Phi) is 2.53. The Morgan fingerprint density at radius 3 is 2.77 bits per heavy atom. The normalized spacial score (nSPS) is 9.31. The fourth-order valence-electron chi connectivity index (χ4n) is 0.811. The van der Waals surface area contributed by atoms with Crippen molar-refractivity contribution in [1.29, 1.82) is 0 Å². The van der Waals surface area contributed by atoms with Crippen molar-refractivity contribution < 1.29 is 14.1 Å². The van der Waals surface area contributed by atoms with Crippen molar-refractivity contribution in [2.75, 3.05) is 5.32 Å². The van der Waals surface area contributed by atoms with Gasteiger partial charge in [-0.25, -0.2) is 4.79 Å². The van der Waals surface area contributed by atoms with E-state index >= 15 is 0 Å². The number of rotatable bonds is 2. The summed E-state index contributed by atoms with van der Waals surface area (Å²) in [4.78, 5) is 19.6. The van der Waals surface area contributed by atoms with Crippen LogP contribution in [0.25, 0.3) is 0 Å². The molecule has 6 heteroatoms. The van der Waals surface area contributed by atoms with Crippen molar-refractivity contribution in [3.63, 3.8) is 0 Å². The molecule has 0 bridgehead atoms.